The number of amides is 1. The fourth-order valence-electron chi connectivity index (χ4n) is 3.00. The monoisotopic (exact) mass is 316 g/mol. The SMILES string of the molecule is NC(C(=O)NCCCc1nc2ccccc2[nH]1)C1CCOCC1. The number of hydrogen-bond donors (Lipinski definition) is 3. The number of imidazole rings is 1. The van der Waals surface area contributed by atoms with E-state index >= 15 is 0 Å². The molecule has 0 spiro atoms. The summed E-state index contributed by atoms with van der Waals surface area (Å²) in [6.45, 7) is 2.03. The van der Waals surface area contributed by atoms with Crippen LogP contribution in [0.15, 0.2) is 24.3 Å². The van der Waals surface area contributed by atoms with Gasteiger partial charge in [-0.3, -0.25) is 4.79 Å². The van der Waals surface area contributed by atoms with E-state index in [9.17, 15) is 4.79 Å². The summed E-state index contributed by atoms with van der Waals surface area (Å²) in [5, 5.41) is 2.94. The Morgan fingerprint density at radius 2 is 2.17 bits per heavy atom. The molecule has 0 saturated carbocycles. The molecule has 4 N–H and O–H groups in total. The molecule has 2 aromatic rings. The van der Waals surface area contributed by atoms with Gasteiger partial charge in [0.15, 0.2) is 0 Å². The largest absolute Gasteiger partial charge is 0.381 e. The van der Waals surface area contributed by atoms with Crippen LogP contribution in [0.25, 0.3) is 11.0 Å². The number of fused-ring (bicyclic) bond motifs is 1. The molecule has 6 nitrogen and oxygen atoms in total. The van der Waals surface area contributed by atoms with Crippen LogP contribution in [0.5, 0.6) is 0 Å². The number of aryl methyl sites for hydroxylation is 1. The lowest BCUT2D eigenvalue weighted by Crippen LogP contribution is -2.47. The van der Waals surface area contributed by atoms with Crippen molar-refractivity contribution < 1.29 is 9.53 Å². The van der Waals surface area contributed by atoms with Crippen LogP contribution in [0.1, 0.15) is 25.1 Å². The topological polar surface area (TPSA) is 93.0 Å². The first-order valence-electron chi connectivity index (χ1n) is 8.28. The molecule has 1 aromatic heterocycles. The molecule has 1 saturated heterocycles. The summed E-state index contributed by atoms with van der Waals surface area (Å²) in [5.41, 5.74) is 8.08. The third-order valence-corrected chi connectivity index (χ3v) is 4.40. The molecule has 3 rings (SSSR count). The van der Waals surface area contributed by atoms with Gasteiger partial charge in [0.25, 0.3) is 0 Å². The van der Waals surface area contributed by atoms with Crippen LogP contribution in [-0.4, -0.2) is 41.7 Å². The summed E-state index contributed by atoms with van der Waals surface area (Å²) in [6.07, 6.45) is 3.38. The van der Waals surface area contributed by atoms with Gasteiger partial charge < -0.3 is 20.8 Å². The van der Waals surface area contributed by atoms with Crippen molar-refractivity contribution in [2.45, 2.75) is 31.7 Å². The van der Waals surface area contributed by atoms with Crippen LogP contribution >= 0.6 is 0 Å². The molecule has 1 amide bonds. The van der Waals surface area contributed by atoms with Crippen LogP contribution in [-0.2, 0) is 16.0 Å². The quantitative estimate of drug-likeness (QED) is 0.702. The number of nitrogens with two attached hydrogens (primary N) is 1. The van der Waals surface area contributed by atoms with Gasteiger partial charge in [0.05, 0.1) is 17.1 Å². The van der Waals surface area contributed by atoms with Gasteiger partial charge in [0, 0.05) is 26.2 Å². The predicted octanol–water partition coefficient (Wildman–Crippen LogP) is 1.37. The van der Waals surface area contributed by atoms with Crippen LogP contribution in [0.2, 0.25) is 0 Å². The fraction of sp³-hybridized carbons (Fsp3) is 0.529. The highest BCUT2D eigenvalue weighted by atomic mass is 16.5. The number of ether oxygens (including phenoxy) is 1. The lowest BCUT2D eigenvalue weighted by Gasteiger charge is -2.26. The third-order valence-electron chi connectivity index (χ3n) is 4.40. The van der Waals surface area contributed by atoms with Crippen molar-refractivity contribution in [2.75, 3.05) is 19.8 Å². The highest BCUT2D eigenvalue weighted by molar-refractivity contribution is 5.81. The van der Waals surface area contributed by atoms with Crippen LogP contribution < -0.4 is 11.1 Å². The van der Waals surface area contributed by atoms with Gasteiger partial charge >= 0.3 is 0 Å². The van der Waals surface area contributed by atoms with E-state index in [1.165, 1.54) is 0 Å². The zero-order valence-electron chi connectivity index (χ0n) is 13.3. The maximum Gasteiger partial charge on any atom is 0.237 e. The van der Waals surface area contributed by atoms with Gasteiger partial charge in [-0.15, -0.1) is 0 Å². The molecule has 1 aliphatic heterocycles. The Morgan fingerprint density at radius 3 is 2.96 bits per heavy atom. The summed E-state index contributed by atoms with van der Waals surface area (Å²) in [7, 11) is 0. The molecule has 0 radical (unpaired) electrons. The average molecular weight is 316 g/mol. The minimum absolute atomic E-state index is 0.0542. The number of H-pyrrole nitrogens is 1. The highest BCUT2D eigenvalue weighted by Crippen LogP contribution is 2.17. The number of benzene rings is 1. The Balaban J connectivity index is 1.41. The molecule has 1 aliphatic rings. The lowest BCUT2D eigenvalue weighted by molar-refractivity contribution is -0.124. The molecule has 1 atom stereocenters. The van der Waals surface area contributed by atoms with E-state index < -0.39 is 6.04 Å². The zero-order chi connectivity index (χ0) is 16.1. The number of hydrogen-bond acceptors (Lipinski definition) is 4. The average Bonchev–Trinajstić information content (AvgIpc) is 3.01. The number of nitrogens with zero attached hydrogens (tertiary/aromatic N) is 1. The second-order valence-electron chi connectivity index (χ2n) is 6.07. The van der Waals surface area contributed by atoms with Gasteiger partial charge in [0.1, 0.15) is 5.82 Å². The predicted molar refractivity (Wildman–Crippen MR) is 88.9 cm³/mol. The normalized spacial score (nSPS) is 17.3. The minimum Gasteiger partial charge on any atom is -0.381 e. The molecule has 2 heterocycles. The smallest absolute Gasteiger partial charge is 0.237 e. The number of rotatable bonds is 6. The Hall–Kier alpha value is -1.92. The summed E-state index contributed by atoms with van der Waals surface area (Å²) in [5.74, 6) is 1.13. The van der Waals surface area contributed by atoms with Crippen molar-refractivity contribution in [1.29, 1.82) is 0 Å². The molecule has 0 bridgehead atoms. The van der Waals surface area contributed by atoms with Crippen molar-refractivity contribution in [2.24, 2.45) is 11.7 Å². The first-order chi connectivity index (χ1) is 11.2. The summed E-state index contributed by atoms with van der Waals surface area (Å²) in [4.78, 5) is 19.9. The fourth-order valence-corrected chi connectivity index (χ4v) is 3.00. The molecule has 23 heavy (non-hydrogen) atoms. The molecule has 1 unspecified atom stereocenters. The second kappa shape index (κ2) is 7.57. The molecule has 1 fully saturated rings. The van der Waals surface area contributed by atoms with Crippen molar-refractivity contribution >= 4 is 16.9 Å². The maximum atomic E-state index is 12.1. The Labute approximate surface area is 135 Å². The second-order valence-corrected chi connectivity index (χ2v) is 6.07. The summed E-state index contributed by atoms with van der Waals surface area (Å²) >= 11 is 0. The molecule has 1 aromatic carbocycles. The van der Waals surface area contributed by atoms with Crippen molar-refractivity contribution in [3.63, 3.8) is 0 Å². The van der Waals surface area contributed by atoms with E-state index in [1.54, 1.807) is 0 Å². The van der Waals surface area contributed by atoms with Gasteiger partial charge in [-0.2, -0.15) is 0 Å². The lowest BCUT2D eigenvalue weighted by atomic mass is 9.92. The van der Waals surface area contributed by atoms with Crippen molar-refractivity contribution in [3.8, 4) is 0 Å². The molecule has 124 valence electrons. The Kier molecular flexibility index (Phi) is 5.25. The van der Waals surface area contributed by atoms with Gasteiger partial charge in [-0.25, -0.2) is 4.98 Å². The van der Waals surface area contributed by atoms with E-state index in [4.69, 9.17) is 10.5 Å². The molecular formula is C17H24N4O2. The van der Waals surface area contributed by atoms with Gasteiger partial charge in [-0.1, -0.05) is 12.1 Å². The summed E-state index contributed by atoms with van der Waals surface area (Å²) < 4.78 is 5.30. The van der Waals surface area contributed by atoms with Crippen molar-refractivity contribution in [3.05, 3.63) is 30.1 Å². The van der Waals surface area contributed by atoms with E-state index in [0.29, 0.717) is 19.8 Å². The zero-order valence-corrected chi connectivity index (χ0v) is 13.3. The van der Waals surface area contributed by atoms with Crippen LogP contribution in [0.4, 0.5) is 0 Å². The number of carbonyl (C=O) groups is 1. The molecule has 6 heteroatoms. The number of aromatic amines is 1. The van der Waals surface area contributed by atoms with E-state index in [0.717, 1.165) is 42.5 Å². The summed E-state index contributed by atoms with van der Waals surface area (Å²) in [6, 6.07) is 7.54. The molecular weight excluding hydrogens is 292 g/mol. The van der Waals surface area contributed by atoms with E-state index in [2.05, 4.69) is 15.3 Å². The van der Waals surface area contributed by atoms with E-state index in [1.807, 2.05) is 24.3 Å². The number of carbonyl (C=O) groups excluding carboxylic acids is 1. The maximum absolute atomic E-state index is 12.1. The highest BCUT2D eigenvalue weighted by Gasteiger charge is 2.26. The van der Waals surface area contributed by atoms with Crippen LogP contribution in [0.3, 0.4) is 0 Å². The number of para-hydroxylation sites is 2. The van der Waals surface area contributed by atoms with Gasteiger partial charge in [0.2, 0.25) is 5.91 Å². The minimum atomic E-state index is -0.426. The van der Waals surface area contributed by atoms with Crippen LogP contribution in [0, 0.1) is 5.92 Å². The van der Waals surface area contributed by atoms with Gasteiger partial charge in [-0.05, 0) is 37.3 Å². The third kappa shape index (κ3) is 4.09. The first-order valence-corrected chi connectivity index (χ1v) is 8.28. The van der Waals surface area contributed by atoms with E-state index in [-0.39, 0.29) is 11.8 Å². The number of aromatic nitrogens is 2. The molecule has 0 aliphatic carbocycles. The Morgan fingerprint density at radius 1 is 1.39 bits per heavy atom. The first kappa shape index (κ1) is 16.0. The number of nitrogens with one attached hydrogen (secondary N) is 2. The Bertz CT molecular complexity index is 616. The van der Waals surface area contributed by atoms with Crippen molar-refractivity contribution in [1.82, 2.24) is 15.3 Å². The standard InChI is InChI=1S/C17H24N4O2/c18-16(12-7-10-23-11-8-12)17(22)19-9-3-6-15-20-13-4-1-2-5-14(13)21-15/h1-2,4-5,12,16H,3,6-11,18H2,(H,19,22)(H,20,21).